The molecule has 0 radical (unpaired) electrons. The Morgan fingerprint density at radius 2 is 1.49 bits per heavy atom. The summed E-state index contributed by atoms with van der Waals surface area (Å²) < 4.78 is 5.36. The average Bonchev–Trinajstić information content (AvgIpc) is 3.16. The molecular weight excluding hydrogens is 450 g/mol. The van der Waals surface area contributed by atoms with Crippen LogP contribution < -0.4 is 16.0 Å². The first-order valence-corrected chi connectivity index (χ1v) is 11.3. The second-order valence-corrected chi connectivity index (χ2v) is 8.43. The van der Waals surface area contributed by atoms with Gasteiger partial charge in [0.2, 0.25) is 11.8 Å². The summed E-state index contributed by atoms with van der Waals surface area (Å²) in [5, 5.41) is 16.3. The van der Waals surface area contributed by atoms with Gasteiger partial charge in [-0.25, -0.2) is 9.59 Å². The first-order chi connectivity index (χ1) is 16.8. The van der Waals surface area contributed by atoms with Crippen LogP contribution >= 0.6 is 0 Å². The SMILES string of the molecule is CC(C)=CCC(NC(=O)CNC(=O)CNC(=O)OCC1c2ccccc2-c2ccccc21)C(=O)O. The maximum Gasteiger partial charge on any atom is 0.407 e. The third-order valence-corrected chi connectivity index (χ3v) is 5.58. The molecule has 1 atom stereocenters. The van der Waals surface area contributed by atoms with Crippen molar-refractivity contribution in [3.8, 4) is 11.1 Å². The fourth-order valence-electron chi connectivity index (χ4n) is 3.86. The smallest absolute Gasteiger partial charge is 0.407 e. The molecule has 0 fully saturated rings. The lowest BCUT2D eigenvalue weighted by Gasteiger charge is -2.15. The topological polar surface area (TPSA) is 134 Å². The normalized spacial score (nSPS) is 12.5. The van der Waals surface area contributed by atoms with Crippen LogP contribution in [-0.4, -0.2) is 54.7 Å². The minimum Gasteiger partial charge on any atom is -0.480 e. The number of hydrogen-bond acceptors (Lipinski definition) is 5. The number of fused-ring (bicyclic) bond motifs is 3. The quantitative estimate of drug-likeness (QED) is 0.387. The predicted octanol–water partition coefficient (Wildman–Crippen LogP) is 2.57. The van der Waals surface area contributed by atoms with Gasteiger partial charge in [-0.1, -0.05) is 60.2 Å². The van der Waals surface area contributed by atoms with E-state index in [1.54, 1.807) is 6.08 Å². The fourth-order valence-corrected chi connectivity index (χ4v) is 3.86. The molecule has 0 bridgehead atoms. The Kier molecular flexibility index (Phi) is 8.61. The van der Waals surface area contributed by atoms with Gasteiger partial charge in [-0.2, -0.15) is 0 Å². The predicted molar refractivity (Wildman–Crippen MR) is 130 cm³/mol. The highest BCUT2D eigenvalue weighted by molar-refractivity contribution is 5.89. The van der Waals surface area contributed by atoms with Crippen molar-refractivity contribution in [2.75, 3.05) is 19.7 Å². The van der Waals surface area contributed by atoms with E-state index >= 15 is 0 Å². The number of rotatable bonds is 10. The zero-order valence-corrected chi connectivity index (χ0v) is 19.7. The zero-order chi connectivity index (χ0) is 25.4. The van der Waals surface area contributed by atoms with Gasteiger partial charge in [-0.15, -0.1) is 0 Å². The van der Waals surface area contributed by atoms with Crippen LogP contribution in [0.15, 0.2) is 60.2 Å². The Bertz CT molecular complexity index is 1090. The van der Waals surface area contributed by atoms with E-state index in [9.17, 15) is 24.3 Å². The van der Waals surface area contributed by atoms with Gasteiger partial charge in [-0.05, 0) is 42.5 Å². The zero-order valence-electron chi connectivity index (χ0n) is 19.7. The van der Waals surface area contributed by atoms with Crippen molar-refractivity contribution in [1.29, 1.82) is 0 Å². The number of benzene rings is 2. The molecule has 1 unspecified atom stereocenters. The second kappa shape index (κ2) is 11.8. The number of alkyl carbamates (subject to hydrolysis) is 1. The van der Waals surface area contributed by atoms with Gasteiger partial charge >= 0.3 is 12.1 Å². The maximum absolute atomic E-state index is 12.2. The molecule has 3 rings (SSSR count). The molecule has 0 aliphatic heterocycles. The number of carboxylic acids is 1. The van der Waals surface area contributed by atoms with E-state index in [4.69, 9.17) is 4.74 Å². The summed E-state index contributed by atoms with van der Waals surface area (Å²) in [4.78, 5) is 47.4. The van der Waals surface area contributed by atoms with E-state index in [1.165, 1.54) is 0 Å². The summed E-state index contributed by atoms with van der Waals surface area (Å²) in [6.07, 6.45) is 1.09. The number of hydrogen-bond donors (Lipinski definition) is 4. The van der Waals surface area contributed by atoms with E-state index in [1.807, 2.05) is 62.4 Å². The summed E-state index contributed by atoms with van der Waals surface area (Å²) >= 11 is 0. The molecule has 2 aromatic rings. The lowest BCUT2D eigenvalue weighted by Crippen LogP contribution is -2.47. The van der Waals surface area contributed by atoms with E-state index in [-0.39, 0.29) is 25.5 Å². The number of allylic oxidation sites excluding steroid dienone is 1. The van der Waals surface area contributed by atoms with Crippen LogP contribution in [0, 0.1) is 0 Å². The third-order valence-electron chi connectivity index (χ3n) is 5.58. The van der Waals surface area contributed by atoms with Crippen LogP contribution in [0.4, 0.5) is 4.79 Å². The number of aliphatic carboxylic acids is 1. The van der Waals surface area contributed by atoms with E-state index in [2.05, 4.69) is 16.0 Å². The molecule has 0 aromatic heterocycles. The summed E-state index contributed by atoms with van der Waals surface area (Å²) in [6, 6.07) is 14.8. The Balaban J connectivity index is 1.42. The van der Waals surface area contributed by atoms with E-state index in [0.717, 1.165) is 27.8 Å². The molecular formula is C26H29N3O6. The highest BCUT2D eigenvalue weighted by atomic mass is 16.5. The van der Waals surface area contributed by atoms with Crippen LogP contribution in [0.3, 0.4) is 0 Å². The minimum atomic E-state index is -1.17. The van der Waals surface area contributed by atoms with Gasteiger partial charge in [0.05, 0.1) is 6.54 Å². The fraction of sp³-hybridized carbons (Fsp3) is 0.308. The van der Waals surface area contributed by atoms with Gasteiger partial charge in [0.15, 0.2) is 0 Å². The summed E-state index contributed by atoms with van der Waals surface area (Å²) in [6.45, 7) is 2.97. The van der Waals surface area contributed by atoms with Crippen molar-refractivity contribution in [3.63, 3.8) is 0 Å². The molecule has 1 aliphatic rings. The second-order valence-electron chi connectivity index (χ2n) is 8.43. The van der Waals surface area contributed by atoms with Gasteiger partial charge < -0.3 is 25.8 Å². The molecule has 1 aliphatic carbocycles. The minimum absolute atomic E-state index is 0.0980. The molecule has 184 valence electrons. The first-order valence-electron chi connectivity index (χ1n) is 11.3. The number of carbonyl (C=O) groups excluding carboxylic acids is 3. The van der Waals surface area contributed by atoms with Crippen molar-refractivity contribution in [2.45, 2.75) is 32.2 Å². The van der Waals surface area contributed by atoms with Crippen LogP contribution in [0.2, 0.25) is 0 Å². The lowest BCUT2D eigenvalue weighted by molar-refractivity contribution is -0.141. The maximum atomic E-state index is 12.2. The number of ether oxygens (including phenoxy) is 1. The monoisotopic (exact) mass is 479 g/mol. The molecule has 0 saturated heterocycles. The van der Waals surface area contributed by atoms with Crippen molar-refractivity contribution in [2.24, 2.45) is 0 Å². The van der Waals surface area contributed by atoms with Crippen LogP contribution in [0.25, 0.3) is 11.1 Å². The summed E-state index contributed by atoms with van der Waals surface area (Å²) in [5.74, 6) is -2.52. The molecule has 2 aromatic carbocycles. The van der Waals surface area contributed by atoms with E-state index in [0.29, 0.717) is 0 Å². The molecule has 35 heavy (non-hydrogen) atoms. The van der Waals surface area contributed by atoms with Gasteiger partial charge in [0.1, 0.15) is 19.2 Å². The van der Waals surface area contributed by atoms with Gasteiger partial charge in [-0.3, -0.25) is 9.59 Å². The van der Waals surface area contributed by atoms with Crippen molar-refractivity contribution >= 4 is 23.9 Å². The highest BCUT2D eigenvalue weighted by Gasteiger charge is 2.29. The van der Waals surface area contributed by atoms with Gasteiger partial charge in [0.25, 0.3) is 0 Å². The van der Waals surface area contributed by atoms with Crippen LogP contribution in [0.1, 0.15) is 37.3 Å². The molecule has 3 amide bonds. The largest absolute Gasteiger partial charge is 0.480 e. The Morgan fingerprint density at radius 1 is 0.914 bits per heavy atom. The number of amides is 3. The molecule has 4 N–H and O–H groups in total. The Hall–Kier alpha value is -4.14. The molecule has 9 nitrogen and oxygen atoms in total. The molecule has 0 saturated carbocycles. The standard InChI is InChI=1S/C26H29N3O6/c1-16(2)11-12-22(25(32)33)29-24(31)14-27-23(30)13-28-26(34)35-15-21-19-9-5-3-7-17(19)18-8-4-6-10-20(18)21/h3-11,21-22H,12-15H2,1-2H3,(H,27,30)(H,28,34)(H,29,31)(H,32,33). The van der Waals surface area contributed by atoms with Gasteiger partial charge in [0, 0.05) is 5.92 Å². The molecule has 9 heteroatoms. The number of carbonyl (C=O) groups is 4. The Labute approximate surface area is 203 Å². The summed E-state index contributed by atoms with van der Waals surface area (Å²) in [7, 11) is 0. The van der Waals surface area contributed by atoms with Crippen molar-refractivity contribution in [1.82, 2.24) is 16.0 Å². The van der Waals surface area contributed by atoms with Crippen molar-refractivity contribution in [3.05, 3.63) is 71.3 Å². The molecule has 0 heterocycles. The average molecular weight is 480 g/mol. The lowest BCUT2D eigenvalue weighted by atomic mass is 9.98. The van der Waals surface area contributed by atoms with E-state index < -0.39 is 36.5 Å². The first kappa shape index (κ1) is 25.5. The third kappa shape index (κ3) is 6.92. The Morgan fingerprint density at radius 3 is 2.06 bits per heavy atom. The highest BCUT2D eigenvalue weighted by Crippen LogP contribution is 2.44. The van der Waals surface area contributed by atoms with Crippen LogP contribution in [-0.2, 0) is 19.1 Å². The molecule has 0 spiro atoms. The number of carboxylic acid groups (broad SMARTS) is 1. The van der Waals surface area contributed by atoms with Crippen LogP contribution in [0.5, 0.6) is 0 Å². The number of nitrogens with one attached hydrogen (secondary N) is 3. The summed E-state index contributed by atoms with van der Waals surface area (Å²) in [5.41, 5.74) is 5.31. The van der Waals surface area contributed by atoms with Crippen molar-refractivity contribution < 1.29 is 29.0 Å².